The summed E-state index contributed by atoms with van der Waals surface area (Å²) in [7, 11) is 2.21. The van der Waals surface area contributed by atoms with E-state index >= 15 is 0 Å². The smallest absolute Gasteiger partial charge is 0.248 e. The Morgan fingerprint density at radius 3 is 2.50 bits per heavy atom. The molecule has 0 unspecified atom stereocenters. The van der Waals surface area contributed by atoms with Crippen molar-refractivity contribution in [3.05, 3.63) is 65.4 Å². The molecule has 0 radical (unpaired) electrons. The number of likely N-dealkylation sites (N-methyl/N-ethyl adjacent to an activating group) is 1. The number of benzene rings is 2. The number of piperazine rings is 1. The quantitative estimate of drug-likeness (QED) is 0.611. The van der Waals surface area contributed by atoms with Gasteiger partial charge in [0.25, 0.3) is 0 Å². The van der Waals surface area contributed by atoms with E-state index in [1.165, 1.54) is 22.2 Å². The molecular weight excluding hydrogens is 422 g/mol. The third-order valence-electron chi connectivity index (χ3n) is 7.87. The zero-order valence-electron chi connectivity index (χ0n) is 20.5. The Bertz CT molecular complexity index is 1150. The number of amides is 1. The van der Waals surface area contributed by atoms with Crippen LogP contribution in [-0.4, -0.2) is 73.1 Å². The van der Waals surface area contributed by atoms with E-state index in [1.54, 1.807) is 0 Å². The summed E-state index contributed by atoms with van der Waals surface area (Å²) in [4.78, 5) is 19.3. The number of carbonyl (C=O) groups is 1. The fraction of sp³-hybridized carbons (Fsp3) is 0.464. The monoisotopic (exact) mass is 459 g/mol. The molecule has 1 aromatic heterocycles. The van der Waals surface area contributed by atoms with Crippen molar-refractivity contribution in [1.29, 1.82) is 0 Å². The summed E-state index contributed by atoms with van der Waals surface area (Å²) in [6.45, 7) is 10.1. The number of anilines is 1. The maximum atomic E-state index is 11.7. The highest BCUT2D eigenvalue weighted by molar-refractivity contribution is 5.97. The van der Waals surface area contributed by atoms with Crippen LogP contribution >= 0.6 is 0 Å². The molecule has 0 aliphatic carbocycles. The standard InChI is InChI=1S/C28H37N5O/c1-21-4-3-5-26(32-18-16-30(2)17-19-32)25(21)11-14-31-12-9-24(10-13-31)33-15-8-22-6-7-23(28(29)34)20-27(22)33/h3-8,15,20,24H,9-14,16-19H2,1-2H3,(H2,29,34). The molecule has 1 amide bonds. The van der Waals surface area contributed by atoms with Gasteiger partial charge in [-0.15, -0.1) is 0 Å². The molecule has 0 spiro atoms. The summed E-state index contributed by atoms with van der Waals surface area (Å²) in [5.41, 5.74) is 11.6. The van der Waals surface area contributed by atoms with Crippen LogP contribution in [0.2, 0.25) is 0 Å². The first-order valence-corrected chi connectivity index (χ1v) is 12.6. The average Bonchev–Trinajstić information content (AvgIpc) is 3.27. The van der Waals surface area contributed by atoms with Crippen LogP contribution in [0.25, 0.3) is 10.9 Å². The van der Waals surface area contributed by atoms with Crippen molar-refractivity contribution < 1.29 is 4.79 Å². The fourth-order valence-electron chi connectivity index (χ4n) is 5.67. The molecule has 180 valence electrons. The fourth-order valence-corrected chi connectivity index (χ4v) is 5.67. The van der Waals surface area contributed by atoms with Crippen LogP contribution < -0.4 is 10.6 Å². The number of carbonyl (C=O) groups excluding carboxylic acids is 1. The van der Waals surface area contributed by atoms with E-state index in [9.17, 15) is 4.79 Å². The molecule has 6 nitrogen and oxygen atoms in total. The number of hydrogen-bond acceptors (Lipinski definition) is 4. The van der Waals surface area contributed by atoms with E-state index in [0.717, 1.165) is 70.6 Å². The molecule has 0 bridgehead atoms. The summed E-state index contributed by atoms with van der Waals surface area (Å²) < 4.78 is 2.35. The van der Waals surface area contributed by atoms with Crippen LogP contribution in [0.4, 0.5) is 5.69 Å². The molecule has 2 aliphatic rings. The first-order chi connectivity index (χ1) is 16.5. The van der Waals surface area contributed by atoms with Gasteiger partial charge in [-0.05, 0) is 74.0 Å². The number of hydrogen-bond donors (Lipinski definition) is 1. The molecule has 0 atom stereocenters. The normalized spacial score (nSPS) is 18.6. The van der Waals surface area contributed by atoms with Crippen molar-refractivity contribution in [2.24, 2.45) is 5.73 Å². The van der Waals surface area contributed by atoms with E-state index in [4.69, 9.17) is 5.73 Å². The van der Waals surface area contributed by atoms with Crippen LogP contribution in [0.1, 0.15) is 40.4 Å². The molecule has 6 heteroatoms. The molecule has 34 heavy (non-hydrogen) atoms. The van der Waals surface area contributed by atoms with Gasteiger partial charge in [-0.25, -0.2) is 0 Å². The third-order valence-corrected chi connectivity index (χ3v) is 7.87. The minimum Gasteiger partial charge on any atom is -0.369 e. The van der Waals surface area contributed by atoms with E-state index in [2.05, 4.69) is 63.7 Å². The Morgan fingerprint density at radius 1 is 1.00 bits per heavy atom. The SMILES string of the molecule is Cc1cccc(N2CCN(C)CC2)c1CCN1CCC(n2ccc3ccc(C(N)=O)cc32)CC1. The van der Waals surface area contributed by atoms with Gasteiger partial charge in [0.2, 0.25) is 5.91 Å². The zero-order valence-corrected chi connectivity index (χ0v) is 20.5. The van der Waals surface area contributed by atoms with Crippen molar-refractivity contribution in [3.63, 3.8) is 0 Å². The zero-order chi connectivity index (χ0) is 23.7. The molecule has 2 saturated heterocycles. The van der Waals surface area contributed by atoms with Crippen molar-refractivity contribution in [2.75, 3.05) is 57.8 Å². The first kappa shape index (κ1) is 22.9. The lowest BCUT2D eigenvalue weighted by Crippen LogP contribution is -2.45. The van der Waals surface area contributed by atoms with Gasteiger partial charge in [-0.1, -0.05) is 18.2 Å². The van der Waals surface area contributed by atoms with E-state index in [0.29, 0.717) is 11.6 Å². The number of nitrogens with zero attached hydrogens (tertiary/aromatic N) is 4. The Kier molecular flexibility index (Phi) is 6.61. The number of nitrogens with two attached hydrogens (primary N) is 1. The largest absolute Gasteiger partial charge is 0.369 e. The van der Waals surface area contributed by atoms with Gasteiger partial charge in [0, 0.05) is 74.8 Å². The number of fused-ring (bicyclic) bond motifs is 1. The Morgan fingerprint density at radius 2 is 1.76 bits per heavy atom. The summed E-state index contributed by atoms with van der Waals surface area (Å²) >= 11 is 0. The van der Waals surface area contributed by atoms with Gasteiger partial charge in [-0.3, -0.25) is 4.79 Å². The van der Waals surface area contributed by atoms with Crippen molar-refractivity contribution in [2.45, 2.75) is 32.2 Å². The predicted octanol–water partition coefficient (Wildman–Crippen LogP) is 3.68. The number of primary amides is 1. The lowest BCUT2D eigenvalue weighted by Gasteiger charge is -2.36. The topological polar surface area (TPSA) is 57.7 Å². The molecule has 5 rings (SSSR count). The summed E-state index contributed by atoms with van der Waals surface area (Å²) in [5, 5.41) is 1.17. The second kappa shape index (κ2) is 9.80. The van der Waals surface area contributed by atoms with E-state index < -0.39 is 0 Å². The maximum Gasteiger partial charge on any atom is 0.248 e. The number of piperidine rings is 1. The Hall–Kier alpha value is -2.83. The molecule has 3 heterocycles. The maximum absolute atomic E-state index is 11.7. The minimum atomic E-state index is -0.364. The van der Waals surface area contributed by atoms with Gasteiger partial charge >= 0.3 is 0 Å². The minimum absolute atomic E-state index is 0.364. The molecule has 2 fully saturated rings. The van der Waals surface area contributed by atoms with Crippen LogP contribution in [-0.2, 0) is 6.42 Å². The van der Waals surface area contributed by atoms with Gasteiger partial charge < -0.3 is 25.0 Å². The number of aromatic nitrogens is 1. The lowest BCUT2D eigenvalue weighted by atomic mass is 10.00. The van der Waals surface area contributed by atoms with Crippen LogP contribution in [0, 0.1) is 6.92 Å². The Labute approximate surface area is 202 Å². The molecule has 2 aromatic carbocycles. The van der Waals surface area contributed by atoms with Gasteiger partial charge in [-0.2, -0.15) is 0 Å². The average molecular weight is 460 g/mol. The summed E-state index contributed by atoms with van der Waals surface area (Å²) in [6.07, 6.45) is 5.53. The lowest BCUT2D eigenvalue weighted by molar-refractivity contribution is 0.100. The third kappa shape index (κ3) is 4.70. The highest BCUT2D eigenvalue weighted by atomic mass is 16.1. The summed E-state index contributed by atoms with van der Waals surface area (Å²) in [6, 6.07) is 15.2. The van der Waals surface area contributed by atoms with Crippen LogP contribution in [0.15, 0.2) is 48.7 Å². The summed E-state index contributed by atoms with van der Waals surface area (Å²) in [5.74, 6) is -0.364. The molecule has 3 aromatic rings. The highest BCUT2D eigenvalue weighted by Crippen LogP contribution is 2.30. The predicted molar refractivity (Wildman–Crippen MR) is 140 cm³/mol. The van der Waals surface area contributed by atoms with E-state index in [-0.39, 0.29) is 5.91 Å². The van der Waals surface area contributed by atoms with Gasteiger partial charge in [0.1, 0.15) is 0 Å². The highest BCUT2D eigenvalue weighted by Gasteiger charge is 2.23. The number of rotatable bonds is 6. The van der Waals surface area contributed by atoms with E-state index in [1.807, 2.05) is 18.2 Å². The van der Waals surface area contributed by atoms with Crippen LogP contribution in [0.5, 0.6) is 0 Å². The van der Waals surface area contributed by atoms with Crippen molar-refractivity contribution in [3.8, 4) is 0 Å². The Balaban J connectivity index is 1.22. The molecule has 2 N–H and O–H groups in total. The first-order valence-electron chi connectivity index (χ1n) is 12.6. The molecular formula is C28H37N5O. The number of likely N-dealkylation sites (tertiary alicyclic amines) is 1. The number of aryl methyl sites for hydroxylation is 1. The molecule has 2 aliphatic heterocycles. The van der Waals surface area contributed by atoms with Gasteiger partial charge in [0.15, 0.2) is 0 Å². The second-order valence-electron chi connectivity index (χ2n) is 10.0. The molecule has 0 saturated carbocycles. The van der Waals surface area contributed by atoms with Crippen molar-refractivity contribution in [1.82, 2.24) is 14.4 Å². The van der Waals surface area contributed by atoms with Crippen molar-refractivity contribution >= 4 is 22.5 Å². The second-order valence-corrected chi connectivity index (χ2v) is 10.0. The van der Waals surface area contributed by atoms with Gasteiger partial charge in [0.05, 0.1) is 0 Å². The van der Waals surface area contributed by atoms with Crippen LogP contribution in [0.3, 0.4) is 0 Å².